The summed E-state index contributed by atoms with van der Waals surface area (Å²) in [5.41, 5.74) is 7.78. The molecule has 2 aromatic rings. The maximum Gasteiger partial charge on any atom is 0.256 e. The molecule has 0 fully saturated rings. The van der Waals surface area contributed by atoms with Crippen LogP contribution in [0, 0.1) is 6.92 Å². The van der Waals surface area contributed by atoms with Crippen LogP contribution in [0.3, 0.4) is 0 Å². The molecule has 0 aliphatic heterocycles. The third-order valence-corrected chi connectivity index (χ3v) is 2.73. The highest BCUT2D eigenvalue weighted by molar-refractivity contribution is 6.30. The molecule has 0 bridgehead atoms. The van der Waals surface area contributed by atoms with Gasteiger partial charge >= 0.3 is 0 Å². The number of carbonyl (C=O) groups excluding carboxylic acids is 1. The Kier molecular flexibility index (Phi) is 3.48. The normalized spacial score (nSPS) is 10.1. The molecule has 0 radical (unpaired) electrons. The number of nitrogens with two attached hydrogens (primary N) is 1. The minimum absolute atomic E-state index is 0.253. The van der Waals surface area contributed by atoms with Gasteiger partial charge in [0, 0.05) is 17.4 Å². The van der Waals surface area contributed by atoms with Gasteiger partial charge in [-0.1, -0.05) is 17.7 Å². The summed E-state index contributed by atoms with van der Waals surface area (Å²) in [4.78, 5) is 15.9. The average Bonchev–Trinajstić information content (AvgIpc) is 2.35. The van der Waals surface area contributed by atoms with Crippen LogP contribution in [0.15, 0.2) is 36.5 Å². The van der Waals surface area contributed by atoms with Crippen molar-refractivity contribution in [1.29, 1.82) is 0 Å². The molecule has 5 heteroatoms. The molecule has 0 atom stereocenters. The molecule has 1 amide bonds. The highest BCUT2D eigenvalue weighted by Crippen LogP contribution is 2.15. The van der Waals surface area contributed by atoms with E-state index in [4.69, 9.17) is 17.3 Å². The molecule has 0 aliphatic rings. The summed E-state index contributed by atoms with van der Waals surface area (Å²) >= 11 is 5.71. The molecule has 3 N–H and O–H groups in total. The van der Waals surface area contributed by atoms with Gasteiger partial charge in [-0.05, 0) is 36.8 Å². The van der Waals surface area contributed by atoms with Crippen molar-refractivity contribution in [3.63, 3.8) is 0 Å². The molecule has 0 saturated carbocycles. The Hall–Kier alpha value is -2.07. The van der Waals surface area contributed by atoms with Crippen LogP contribution in [0.25, 0.3) is 0 Å². The van der Waals surface area contributed by atoms with Gasteiger partial charge in [-0.15, -0.1) is 0 Å². The van der Waals surface area contributed by atoms with Crippen LogP contribution in [0.2, 0.25) is 5.02 Å². The second kappa shape index (κ2) is 5.06. The second-order valence-electron chi connectivity index (χ2n) is 3.89. The number of aryl methyl sites for hydroxylation is 1. The molecule has 1 aromatic heterocycles. The molecule has 0 spiro atoms. The van der Waals surface area contributed by atoms with E-state index in [0.717, 1.165) is 5.56 Å². The van der Waals surface area contributed by atoms with Gasteiger partial charge in [-0.3, -0.25) is 4.79 Å². The fourth-order valence-corrected chi connectivity index (χ4v) is 1.53. The van der Waals surface area contributed by atoms with Crippen molar-refractivity contribution >= 4 is 29.0 Å². The van der Waals surface area contributed by atoms with Crippen molar-refractivity contribution in [3.05, 3.63) is 52.7 Å². The maximum absolute atomic E-state index is 11.9. The van der Waals surface area contributed by atoms with E-state index in [0.29, 0.717) is 22.1 Å². The monoisotopic (exact) mass is 261 g/mol. The summed E-state index contributed by atoms with van der Waals surface area (Å²) < 4.78 is 0. The Morgan fingerprint density at radius 3 is 2.72 bits per heavy atom. The third-order valence-electron chi connectivity index (χ3n) is 2.51. The number of amides is 1. The zero-order valence-corrected chi connectivity index (χ0v) is 10.5. The molecule has 4 nitrogen and oxygen atoms in total. The first kappa shape index (κ1) is 12.4. The molecule has 0 unspecified atom stereocenters. The topological polar surface area (TPSA) is 68.0 Å². The van der Waals surface area contributed by atoms with E-state index in [2.05, 4.69) is 10.3 Å². The van der Waals surface area contributed by atoms with Gasteiger partial charge in [0.1, 0.15) is 5.82 Å². The van der Waals surface area contributed by atoms with E-state index in [1.807, 2.05) is 6.92 Å². The number of rotatable bonds is 2. The molecule has 0 aliphatic carbocycles. The van der Waals surface area contributed by atoms with Crippen molar-refractivity contribution < 1.29 is 4.79 Å². The van der Waals surface area contributed by atoms with E-state index in [1.165, 1.54) is 6.20 Å². The van der Waals surface area contributed by atoms with Gasteiger partial charge < -0.3 is 11.1 Å². The number of pyridine rings is 1. The van der Waals surface area contributed by atoms with Crippen LogP contribution in [0.4, 0.5) is 11.5 Å². The molecular weight excluding hydrogens is 250 g/mol. The predicted octanol–water partition coefficient (Wildman–Crippen LogP) is 2.88. The number of nitrogens with zero attached hydrogens (tertiary/aromatic N) is 1. The number of carbonyl (C=O) groups is 1. The molecule has 18 heavy (non-hydrogen) atoms. The summed E-state index contributed by atoms with van der Waals surface area (Å²) in [7, 11) is 0. The summed E-state index contributed by atoms with van der Waals surface area (Å²) in [5, 5.41) is 3.19. The highest BCUT2D eigenvalue weighted by Gasteiger charge is 2.07. The number of hydrogen-bond donors (Lipinski definition) is 2. The number of nitrogens with one attached hydrogen (secondary N) is 1. The number of nitrogen functional groups attached to an aromatic ring is 1. The first-order valence-corrected chi connectivity index (χ1v) is 5.73. The lowest BCUT2D eigenvalue weighted by atomic mass is 10.1. The summed E-state index contributed by atoms with van der Waals surface area (Å²) in [6.07, 6.45) is 1.47. The quantitative estimate of drug-likeness (QED) is 0.817. The van der Waals surface area contributed by atoms with Crippen molar-refractivity contribution in [1.82, 2.24) is 4.98 Å². The molecule has 2 rings (SSSR count). The van der Waals surface area contributed by atoms with Gasteiger partial charge in [0.2, 0.25) is 0 Å². The maximum atomic E-state index is 11.9. The van der Waals surface area contributed by atoms with Gasteiger partial charge in [0.05, 0.1) is 5.02 Å². The van der Waals surface area contributed by atoms with Crippen molar-refractivity contribution in [3.8, 4) is 0 Å². The van der Waals surface area contributed by atoms with Gasteiger partial charge in [-0.25, -0.2) is 4.98 Å². The smallest absolute Gasteiger partial charge is 0.256 e. The van der Waals surface area contributed by atoms with Crippen LogP contribution in [0.5, 0.6) is 0 Å². The Bertz CT molecular complexity index is 581. The van der Waals surface area contributed by atoms with Crippen molar-refractivity contribution in [2.75, 3.05) is 11.1 Å². The van der Waals surface area contributed by atoms with Crippen LogP contribution >= 0.6 is 11.6 Å². The Morgan fingerprint density at radius 1 is 1.33 bits per heavy atom. The number of halogens is 1. The summed E-state index contributed by atoms with van der Waals surface area (Å²) in [6, 6.07) is 8.46. The minimum atomic E-state index is -0.253. The van der Waals surface area contributed by atoms with E-state index in [1.54, 1.807) is 30.3 Å². The Morgan fingerprint density at radius 2 is 2.11 bits per heavy atom. The predicted molar refractivity (Wildman–Crippen MR) is 72.8 cm³/mol. The number of hydrogen-bond acceptors (Lipinski definition) is 3. The average molecular weight is 262 g/mol. The Balaban J connectivity index is 2.16. The summed E-state index contributed by atoms with van der Waals surface area (Å²) in [6.45, 7) is 1.89. The lowest BCUT2D eigenvalue weighted by molar-refractivity contribution is 0.102. The lowest BCUT2D eigenvalue weighted by Gasteiger charge is -2.06. The molecule has 0 saturated heterocycles. The largest absolute Gasteiger partial charge is 0.398 e. The fraction of sp³-hybridized carbons (Fsp3) is 0.0769. The van der Waals surface area contributed by atoms with Gasteiger partial charge in [0.25, 0.3) is 5.91 Å². The first-order chi connectivity index (χ1) is 8.56. The minimum Gasteiger partial charge on any atom is -0.398 e. The van der Waals surface area contributed by atoms with Crippen molar-refractivity contribution in [2.45, 2.75) is 6.92 Å². The SMILES string of the molecule is Cc1ccc(C(=O)Nc2ccc(Cl)cn2)cc1N. The zero-order chi connectivity index (χ0) is 13.1. The molecule has 1 aromatic carbocycles. The van der Waals surface area contributed by atoms with Crippen LogP contribution < -0.4 is 11.1 Å². The second-order valence-corrected chi connectivity index (χ2v) is 4.32. The van der Waals surface area contributed by atoms with E-state index in [-0.39, 0.29) is 5.91 Å². The van der Waals surface area contributed by atoms with E-state index >= 15 is 0 Å². The van der Waals surface area contributed by atoms with Gasteiger partial charge in [0.15, 0.2) is 0 Å². The van der Waals surface area contributed by atoms with Crippen LogP contribution in [0.1, 0.15) is 15.9 Å². The number of aromatic nitrogens is 1. The third kappa shape index (κ3) is 2.78. The highest BCUT2D eigenvalue weighted by atomic mass is 35.5. The van der Waals surface area contributed by atoms with E-state index < -0.39 is 0 Å². The molecule has 92 valence electrons. The zero-order valence-electron chi connectivity index (χ0n) is 9.77. The van der Waals surface area contributed by atoms with Crippen LogP contribution in [-0.2, 0) is 0 Å². The van der Waals surface area contributed by atoms with E-state index in [9.17, 15) is 4.79 Å². The molecule has 1 heterocycles. The fourth-order valence-electron chi connectivity index (χ4n) is 1.42. The molecular formula is C13H12ClN3O. The first-order valence-electron chi connectivity index (χ1n) is 5.35. The van der Waals surface area contributed by atoms with Crippen molar-refractivity contribution in [2.24, 2.45) is 0 Å². The Labute approximate surface area is 110 Å². The standard InChI is InChI=1S/C13H12ClN3O/c1-8-2-3-9(6-11(8)15)13(18)17-12-5-4-10(14)7-16-12/h2-7H,15H2,1H3,(H,16,17,18). The lowest BCUT2D eigenvalue weighted by Crippen LogP contribution is -2.13. The summed E-state index contributed by atoms with van der Waals surface area (Å²) in [5.74, 6) is 0.195. The van der Waals surface area contributed by atoms with Gasteiger partial charge in [-0.2, -0.15) is 0 Å². The van der Waals surface area contributed by atoms with Crippen LogP contribution in [-0.4, -0.2) is 10.9 Å². The number of benzene rings is 1. The number of anilines is 2.